The van der Waals surface area contributed by atoms with Gasteiger partial charge in [-0.1, -0.05) is 29.3 Å². The SMILES string of the molecule is NC(=O)CCn1c(=O)[nH]c2scc(-c3ccc(Cl)c(Cl)c3)c2c1=O. The molecule has 1 aromatic carbocycles. The van der Waals surface area contributed by atoms with E-state index in [0.717, 1.165) is 4.57 Å². The topological polar surface area (TPSA) is 97.9 Å². The number of nitrogens with zero attached hydrogens (tertiary/aromatic N) is 1. The van der Waals surface area contributed by atoms with Crippen molar-refractivity contribution < 1.29 is 4.79 Å². The van der Waals surface area contributed by atoms with Crippen molar-refractivity contribution in [1.29, 1.82) is 0 Å². The first-order valence-corrected chi connectivity index (χ1v) is 8.50. The predicted molar refractivity (Wildman–Crippen MR) is 96.0 cm³/mol. The monoisotopic (exact) mass is 383 g/mol. The van der Waals surface area contributed by atoms with Crippen LogP contribution >= 0.6 is 34.5 Å². The van der Waals surface area contributed by atoms with Gasteiger partial charge in [0.25, 0.3) is 5.56 Å². The fourth-order valence-corrected chi connectivity index (χ4v) is 3.60. The highest BCUT2D eigenvalue weighted by Crippen LogP contribution is 2.33. The van der Waals surface area contributed by atoms with Crippen LogP contribution < -0.4 is 17.0 Å². The summed E-state index contributed by atoms with van der Waals surface area (Å²) in [5.41, 5.74) is 5.40. The molecule has 1 amide bonds. The van der Waals surface area contributed by atoms with E-state index < -0.39 is 17.2 Å². The Labute approximate surface area is 149 Å². The molecule has 3 N–H and O–H groups in total. The lowest BCUT2D eigenvalue weighted by atomic mass is 10.1. The molecular weight excluding hydrogens is 373 g/mol. The van der Waals surface area contributed by atoms with Crippen molar-refractivity contribution in [2.24, 2.45) is 5.73 Å². The Morgan fingerprint density at radius 2 is 2.00 bits per heavy atom. The standard InChI is InChI=1S/C15H11Cl2N3O3S/c16-9-2-1-7(5-10(9)17)8-6-24-13-12(8)14(22)20(15(23)19-13)4-3-11(18)21/h1-2,5-6H,3-4H2,(H2,18,21)(H,19,23). The minimum absolute atomic E-state index is 0.0733. The average Bonchev–Trinajstić information content (AvgIpc) is 2.93. The molecule has 24 heavy (non-hydrogen) atoms. The molecule has 2 aromatic heterocycles. The number of primary amides is 1. The zero-order valence-corrected chi connectivity index (χ0v) is 14.5. The number of thiophene rings is 1. The van der Waals surface area contributed by atoms with Gasteiger partial charge in [-0.3, -0.25) is 19.1 Å². The maximum Gasteiger partial charge on any atom is 0.329 e. The van der Waals surface area contributed by atoms with Crippen molar-refractivity contribution in [3.63, 3.8) is 0 Å². The second kappa shape index (κ2) is 6.43. The Morgan fingerprint density at radius 1 is 1.25 bits per heavy atom. The molecule has 2 heterocycles. The number of hydrogen-bond acceptors (Lipinski definition) is 4. The zero-order valence-electron chi connectivity index (χ0n) is 12.1. The van der Waals surface area contributed by atoms with Gasteiger partial charge in [-0.2, -0.15) is 0 Å². The first-order chi connectivity index (χ1) is 11.4. The van der Waals surface area contributed by atoms with Gasteiger partial charge in [0.05, 0.1) is 15.4 Å². The Hall–Kier alpha value is -2.09. The maximum absolute atomic E-state index is 12.7. The first-order valence-electron chi connectivity index (χ1n) is 6.86. The summed E-state index contributed by atoms with van der Waals surface area (Å²) in [5.74, 6) is -0.587. The van der Waals surface area contributed by atoms with Gasteiger partial charge in [0.1, 0.15) is 4.83 Å². The fraction of sp³-hybridized carbons (Fsp3) is 0.133. The van der Waals surface area contributed by atoms with Crippen molar-refractivity contribution in [1.82, 2.24) is 9.55 Å². The molecule has 0 aliphatic carbocycles. The third kappa shape index (κ3) is 2.98. The first kappa shape index (κ1) is 16.8. The predicted octanol–water partition coefficient (Wildman–Crippen LogP) is 2.60. The summed E-state index contributed by atoms with van der Waals surface area (Å²) < 4.78 is 0.973. The van der Waals surface area contributed by atoms with E-state index in [4.69, 9.17) is 28.9 Å². The number of nitrogens with two attached hydrogens (primary N) is 1. The van der Waals surface area contributed by atoms with E-state index in [1.165, 1.54) is 11.3 Å². The number of aromatic amines is 1. The summed E-state index contributed by atoms with van der Waals surface area (Å²) >= 11 is 13.2. The van der Waals surface area contributed by atoms with Crippen LogP contribution in [-0.2, 0) is 11.3 Å². The molecule has 6 nitrogen and oxygen atoms in total. The molecule has 3 aromatic rings. The number of halogens is 2. The third-order valence-corrected chi connectivity index (χ3v) is 5.16. The van der Waals surface area contributed by atoms with E-state index in [9.17, 15) is 14.4 Å². The van der Waals surface area contributed by atoms with Gasteiger partial charge >= 0.3 is 5.69 Å². The second-order valence-corrected chi connectivity index (χ2v) is 6.78. The highest BCUT2D eigenvalue weighted by Gasteiger charge is 2.16. The van der Waals surface area contributed by atoms with E-state index in [1.54, 1.807) is 23.6 Å². The number of H-pyrrole nitrogens is 1. The van der Waals surface area contributed by atoms with Crippen molar-refractivity contribution in [2.75, 3.05) is 0 Å². The number of carbonyl (C=O) groups excluding carboxylic acids is 1. The number of nitrogens with one attached hydrogen (secondary N) is 1. The normalized spacial score (nSPS) is 11.1. The van der Waals surface area contributed by atoms with Gasteiger partial charge in [-0.05, 0) is 17.7 Å². The molecule has 3 rings (SSSR count). The molecule has 0 saturated heterocycles. The summed E-state index contributed by atoms with van der Waals surface area (Å²) in [7, 11) is 0. The van der Waals surface area contributed by atoms with Crippen molar-refractivity contribution >= 4 is 50.7 Å². The third-order valence-electron chi connectivity index (χ3n) is 3.53. The van der Waals surface area contributed by atoms with Crippen LogP contribution in [0, 0.1) is 0 Å². The highest BCUT2D eigenvalue weighted by atomic mass is 35.5. The van der Waals surface area contributed by atoms with Gasteiger partial charge in [-0.25, -0.2) is 4.79 Å². The van der Waals surface area contributed by atoms with Gasteiger partial charge < -0.3 is 5.73 Å². The fourth-order valence-electron chi connectivity index (χ4n) is 2.36. The summed E-state index contributed by atoms with van der Waals surface area (Å²) in [6.07, 6.45) is -0.0965. The van der Waals surface area contributed by atoms with Crippen LogP contribution in [0.15, 0.2) is 33.2 Å². The van der Waals surface area contributed by atoms with Gasteiger partial charge in [0, 0.05) is 23.9 Å². The lowest BCUT2D eigenvalue weighted by Gasteiger charge is -2.05. The van der Waals surface area contributed by atoms with Gasteiger partial charge in [0.2, 0.25) is 5.91 Å². The van der Waals surface area contributed by atoms with E-state index in [-0.39, 0.29) is 13.0 Å². The Balaban J connectivity index is 2.22. The molecule has 0 spiro atoms. The summed E-state index contributed by atoms with van der Waals surface area (Å²) in [4.78, 5) is 38.8. The molecular formula is C15H11Cl2N3O3S. The molecule has 0 unspecified atom stereocenters. The number of benzene rings is 1. The molecule has 9 heteroatoms. The van der Waals surface area contributed by atoms with Crippen molar-refractivity contribution in [3.8, 4) is 11.1 Å². The lowest BCUT2D eigenvalue weighted by molar-refractivity contribution is -0.118. The number of carbonyl (C=O) groups is 1. The van der Waals surface area contributed by atoms with Crippen LogP contribution in [0.2, 0.25) is 10.0 Å². The Morgan fingerprint density at radius 3 is 2.67 bits per heavy atom. The number of hydrogen-bond donors (Lipinski definition) is 2. The van der Waals surface area contributed by atoms with E-state index in [1.807, 2.05) is 0 Å². The molecule has 0 saturated carbocycles. The summed E-state index contributed by atoms with van der Waals surface area (Å²) in [6, 6.07) is 5.04. The van der Waals surface area contributed by atoms with Crippen LogP contribution in [0.4, 0.5) is 0 Å². The van der Waals surface area contributed by atoms with E-state index >= 15 is 0 Å². The van der Waals surface area contributed by atoms with Gasteiger partial charge in [0.15, 0.2) is 0 Å². The van der Waals surface area contributed by atoms with Crippen LogP contribution in [0.1, 0.15) is 6.42 Å². The van der Waals surface area contributed by atoms with Gasteiger partial charge in [-0.15, -0.1) is 11.3 Å². The molecule has 124 valence electrons. The summed E-state index contributed by atoms with van der Waals surface area (Å²) in [5, 5.41) is 2.90. The second-order valence-electron chi connectivity index (χ2n) is 5.09. The molecule has 0 radical (unpaired) electrons. The maximum atomic E-state index is 12.7. The quantitative estimate of drug-likeness (QED) is 0.724. The zero-order chi connectivity index (χ0) is 17.4. The number of rotatable bonds is 4. The average molecular weight is 384 g/mol. The van der Waals surface area contributed by atoms with E-state index in [0.29, 0.717) is 31.4 Å². The molecule has 0 aliphatic heterocycles. The molecule has 0 fully saturated rings. The van der Waals surface area contributed by atoms with Crippen LogP contribution in [0.5, 0.6) is 0 Å². The lowest BCUT2D eigenvalue weighted by Crippen LogP contribution is -2.36. The molecule has 0 atom stereocenters. The van der Waals surface area contributed by atoms with Crippen molar-refractivity contribution in [2.45, 2.75) is 13.0 Å². The Bertz CT molecular complexity index is 1070. The van der Waals surface area contributed by atoms with Crippen LogP contribution in [0.3, 0.4) is 0 Å². The van der Waals surface area contributed by atoms with E-state index in [2.05, 4.69) is 4.98 Å². The minimum atomic E-state index is -0.587. The smallest absolute Gasteiger partial charge is 0.329 e. The van der Waals surface area contributed by atoms with Crippen LogP contribution in [0.25, 0.3) is 21.3 Å². The Kier molecular flexibility index (Phi) is 4.49. The summed E-state index contributed by atoms with van der Waals surface area (Å²) in [6.45, 7) is -0.0733. The van der Waals surface area contributed by atoms with Crippen LogP contribution in [-0.4, -0.2) is 15.5 Å². The number of aromatic nitrogens is 2. The molecule has 0 bridgehead atoms. The highest BCUT2D eigenvalue weighted by molar-refractivity contribution is 7.17. The largest absolute Gasteiger partial charge is 0.370 e. The number of amides is 1. The minimum Gasteiger partial charge on any atom is -0.370 e. The number of fused-ring (bicyclic) bond motifs is 1. The van der Waals surface area contributed by atoms with Crippen molar-refractivity contribution in [3.05, 3.63) is 54.5 Å². The molecule has 0 aliphatic rings.